The van der Waals surface area contributed by atoms with Gasteiger partial charge in [-0.05, 0) is 38.5 Å². The zero-order valence-corrected chi connectivity index (χ0v) is 14.3. The van der Waals surface area contributed by atoms with Crippen molar-refractivity contribution in [3.63, 3.8) is 0 Å². The number of hydrogen-bond donors (Lipinski definition) is 0. The van der Waals surface area contributed by atoms with Crippen LogP contribution in [-0.4, -0.2) is 29.1 Å². The smallest absolute Gasteiger partial charge is 0.150 e. The molecule has 0 spiro atoms. The van der Waals surface area contributed by atoms with Gasteiger partial charge in [-0.2, -0.15) is 5.26 Å². The summed E-state index contributed by atoms with van der Waals surface area (Å²) in [5.41, 5.74) is 2.30. The lowest BCUT2D eigenvalue weighted by molar-refractivity contribution is -0.126. The molecule has 3 atom stereocenters. The standard InChI is InChI=1S/C18H25N3O2/c1-12-20-17-15(21(12)7-4-8-23-3)6-5-14-9-16(22)13(11-19)10-18(14,17)2/h13-14H,4-10H2,1-3H3. The van der Waals surface area contributed by atoms with E-state index in [1.54, 1.807) is 7.11 Å². The summed E-state index contributed by atoms with van der Waals surface area (Å²) in [5, 5.41) is 9.31. The first-order chi connectivity index (χ1) is 11.0. The van der Waals surface area contributed by atoms with E-state index in [-0.39, 0.29) is 11.2 Å². The van der Waals surface area contributed by atoms with Crippen LogP contribution in [0.2, 0.25) is 0 Å². The minimum absolute atomic E-state index is 0.120. The molecule has 0 aromatic carbocycles. The molecule has 1 aromatic heterocycles. The Morgan fingerprint density at radius 2 is 2.30 bits per heavy atom. The number of fused-ring (bicyclic) bond motifs is 3. The minimum atomic E-state index is -0.471. The summed E-state index contributed by atoms with van der Waals surface area (Å²) in [6.45, 7) is 5.93. The van der Waals surface area contributed by atoms with E-state index in [9.17, 15) is 10.1 Å². The quantitative estimate of drug-likeness (QED) is 0.801. The van der Waals surface area contributed by atoms with E-state index in [2.05, 4.69) is 24.5 Å². The van der Waals surface area contributed by atoms with Gasteiger partial charge in [-0.3, -0.25) is 4.79 Å². The molecule has 2 aliphatic rings. The maximum Gasteiger partial charge on any atom is 0.150 e. The Hall–Kier alpha value is -1.67. The second-order valence-corrected chi connectivity index (χ2v) is 7.16. The lowest BCUT2D eigenvalue weighted by atomic mass is 9.58. The third-order valence-corrected chi connectivity index (χ3v) is 5.79. The number of hydrogen-bond acceptors (Lipinski definition) is 4. The highest BCUT2D eigenvalue weighted by Crippen LogP contribution is 2.50. The highest BCUT2D eigenvalue weighted by atomic mass is 16.5. The number of Topliss-reactive ketones (excluding diaryl/α,β-unsaturated/α-hetero) is 1. The normalized spacial score (nSPS) is 29.7. The molecule has 23 heavy (non-hydrogen) atoms. The predicted molar refractivity (Wildman–Crippen MR) is 86.0 cm³/mol. The molecule has 0 aliphatic heterocycles. The van der Waals surface area contributed by atoms with Gasteiger partial charge in [0.05, 0.1) is 11.8 Å². The number of aromatic nitrogens is 2. The molecular formula is C18H25N3O2. The third kappa shape index (κ3) is 2.59. The van der Waals surface area contributed by atoms with Crippen LogP contribution in [0.15, 0.2) is 0 Å². The molecule has 5 heteroatoms. The van der Waals surface area contributed by atoms with E-state index in [1.165, 1.54) is 5.69 Å². The minimum Gasteiger partial charge on any atom is -0.385 e. The summed E-state index contributed by atoms with van der Waals surface area (Å²) >= 11 is 0. The van der Waals surface area contributed by atoms with Gasteiger partial charge in [0.2, 0.25) is 0 Å². The van der Waals surface area contributed by atoms with Crippen molar-refractivity contribution in [2.45, 2.75) is 57.9 Å². The first-order valence-corrected chi connectivity index (χ1v) is 8.49. The van der Waals surface area contributed by atoms with Crippen LogP contribution in [0.5, 0.6) is 0 Å². The molecule has 1 heterocycles. The highest BCUT2D eigenvalue weighted by Gasteiger charge is 2.50. The van der Waals surface area contributed by atoms with Crippen molar-refractivity contribution < 1.29 is 9.53 Å². The Morgan fingerprint density at radius 3 is 3.00 bits per heavy atom. The number of nitriles is 1. The van der Waals surface area contributed by atoms with Gasteiger partial charge < -0.3 is 9.30 Å². The second kappa shape index (κ2) is 6.09. The monoisotopic (exact) mass is 315 g/mol. The number of nitrogens with zero attached hydrogens (tertiary/aromatic N) is 3. The third-order valence-electron chi connectivity index (χ3n) is 5.79. The molecule has 0 N–H and O–H groups in total. The average molecular weight is 315 g/mol. The van der Waals surface area contributed by atoms with Gasteiger partial charge in [-0.25, -0.2) is 4.98 Å². The van der Waals surface area contributed by atoms with Crippen molar-refractivity contribution in [3.05, 3.63) is 17.2 Å². The number of ketones is 1. The van der Waals surface area contributed by atoms with Crippen LogP contribution in [-0.2, 0) is 27.9 Å². The number of aryl methyl sites for hydroxylation is 1. The van der Waals surface area contributed by atoms with Crippen LogP contribution in [0.4, 0.5) is 0 Å². The molecule has 1 aromatic rings. The van der Waals surface area contributed by atoms with Crippen LogP contribution in [0.1, 0.15) is 49.8 Å². The Balaban J connectivity index is 1.95. The van der Waals surface area contributed by atoms with Crippen LogP contribution in [0.25, 0.3) is 0 Å². The zero-order chi connectivity index (χ0) is 16.6. The molecule has 0 bridgehead atoms. The van der Waals surface area contributed by atoms with E-state index >= 15 is 0 Å². The van der Waals surface area contributed by atoms with Crippen LogP contribution in [0, 0.1) is 30.1 Å². The fraction of sp³-hybridized carbons (Fsp3) is 0.722. The summed E-state index contributed by atoms with van der Waals surface area (Å²) in [4.78, 5) is 17.0. The zero-order valence-electron chi connectivity index (χ0n) is 14.3. The molecule has 0 saturated heterocycles. The van der Waals surface area contributed by atoms with Gasteiger partial charge in [0, 0.05) is 37.8 Å². The summed E-state index contributed by atoms with van der Waals surface area (Å²) in [5.74, 6) is 1.02. The number of carbonyl (C=O) groups is 1. The van der Waals surface area contributed by atoms with Crippen LogP contribution in [0.3, 0.4) is 0 Å². The SMILES string of the molecule is COCCCn1c(C)nc2c1CCC1CC(=O)C(C#N)CC21C. The maximum atomic E-state index is 12.1. The van der Waals surface area contributed by atoms with Gasteiger partial charge in [0.25, 0.3) is 0 Å². The van der Waals surface area contributed by atoms with Crippen molar-refractivity contribution in [2.24, 2.45) is 11.8 Å². The fourth-order valence-corrected chi connectivity index (χ4v) is 4.44. The first kappa shape index (κ1) is 16.2. The van der Waals surface area contributed by atoms with E-state index in [0.717, 1.165) is 43.9 Å². The summed E-state index contributed by atoms with van der Waals surface area (Å²) in [6.07, 6.45) is 4.12. The van der Waals surface area contributed by atoms with Crippen molar-refractivity contribution in [2.75, 3.05) is 13.7 Å². The lowest BCUT2D eigenvalue weighted by Gasteiger charge is -2.45. The molecular weight excluding hydrogens is 290 g/mol. The number of carbonyl (C=O) groups excluding carboxylic acids is 1. The largest absolute Gasteiger partial charge is 0.385 e. The van der Waals surface area contributed by atoms with Gasteiger partial charge in [-0.15, -0.1) is 0 Å². The van der Waals surface area contributed by atoms with Crippen LogP contribution < -0.4 is 0 Å². The Morgan fingerprint density at radius 1 is 1.52 bits per heavy atom. The van der Waals surface area contributed by atoms with Gasteiger partial charge in [0.1, 0.15) is 17.5 Å². The molecule has 3 unspecified atom stereocenters. The summed E-state index contributed by atoms with van der Waals surface area (Å²) < 4.78 is 7.48. The van der Waals surface area contributed by atoms with E-state index in [4.69, 9.17) is 9.72 Å². The predicted octanol–water partition coefficient (Wildman–Crippen LogP) is 2.55. The summed E-state index contributed by atoms with van der Waals surface area (Å²) in [6, 6.07) is 2.21. The highest BCUT2D eigenvalue weighted by molar-refractivity contribution is 5.85. The molecule has 0 radical (unpaired) electrons. The number of methoxy groups -OCH3 is 1. The fourth-order valence-electron chi connectivity index (χ4n) is 4.44. The summed E-state index contributed by atoms with van der Waals surface area (Å²) in [7, 11) is 1.73. The Labute approximate surface area is 137 Å². The van der Waals surface area contributed by atoms with Crippen molar-refractivity contribution >= 4 is 5.78 Å². The number of imidazole rings is 1. The molecule has 3 rings (SSSR count). The molecule has 5 nitrogen and oxygen atoms in total. The van der Waals surface area contributed by atoms with Gasteiger partial charge in [0.15, 0.2) is 0 Å². The van der Waals surface area contributed by atoms with Crippen molar-refractivity contribution in [3.8, 4) is 6.07 Å². The van der Waals surface area contributed by atoms with Crippen LogP contribution >= 0.6 is 0 Å². The lowest BCUT2D eigenvalue weighted by Crippen LogP contribution is -2.45. The molecule has 0 amide bonds. The van der Waals surface area contributed by atoms with E-state index in [1.807, 2.05) is 0 Å². The topological polar surface area (TPSA) is 67.9 Å². The molecule has 2 aliphatic carbocycles. The Kier molecular flexibility index (Phi) is 4.29. The maximum absolute atomic E-state index is 12.1. The average Bonchev–Trinajstić information content (AvgIpc) is 2.85. The molecule has 1 saturated carbocycles. The number of ether oxygens (including phenoxy) is 1. The molecule has 124 valence electrons. The van der Waals surface area contributed by atoms with E-state index in [0.29, 0.717) is 18.8 Å². The number of rotatable bonds is 4. The van der Waals surface area contributed by atoms with E-state index < -0.39 is 5.92 Å². The van der Waals surface area contributed by atoms with Crippen molar-refractivity contribution in [1.29, 1.82) is 5.26 Å². The first-order valence-electron chi connectivity index (χ1n) is 8.49. The Bertz CT molecular complexity index is 658. The van der Waals surface area contributed by atoms with Gasteiger partial charge >= 0.3 is 0 Å². The van der Waals surface area contributed by atoms with Crippen molar-refractivity contribution in [1.82, 2.24) is 9.55 Å². The molecule has 1 fully saturated rings. The second-order valence-electron chi connectivity index (χ2n) is 7.16. The van der Waals surface area contributed by atoms with Gasteiger partial charge in [-0.1, -0.05) is 6.92 Å².